The maximum absolute atomic E-state index is 5.65. The number of nitrogens with zero attached hydrogens (tertiary/aromatic N) is 2. The maximum atomic E-state index is 5.65. The van der Waals surface area contributed by atoms with Crippen LogP contribution in [0.1, 0.15) is 29.3 Å². The molecule has 5 nitrogen and oxygen atoms in total. The van der Waals surface area contributed by atoms with Crippen LogP contribution in [0, 0.1) is 6.92 Å². The highest BCUT2D eigenvalue weighted by atomic mass is 127. The van der Waals surface area contributed by atoms with Gasteiger partial charge in [0.2, 0.25) is 0 Å². The molecule has 0 amide bonds. The van der Waals surface area contributed by atoms with Crippen LogP contribution in [0.25, 0.3) is 0 Å². The van der Waals surface area contributed by atoms with Gasteiger partial charge in [0.25, 0.3) is 0 Å². The van der Waals surface area contributed by atoms with E-state index in [1.54, 1.807) is 18.4 Å². The fourth-order valence-electron chi connectivity index (χ4n) is 2.17. The molecule has 0 unspecified atom stereocenters. The predicted molar refractivity (Wildman–Crippen MR) is 116 cm³/mol. The van der Waals surface area contributed by atoms with Crippen LogP contribution in [-0.4, -0.2) is 30.6 Å². The van der Waals surface area contributed by atoms with Crippen LogP contribution >= 0.6 is 35.3 Å². The molecule has 0 aliphatic rings. The van der Waals surface area contributed by atoms with Crippen LogP contribution < -0.4 is 15.4 Å². The highest BCUT2D eigenvalue weighted by Gasteiger charge is 2.02. The van der Waals surface area contributed by atoms with Crippen molar-refractivity contribution in [2.45, 2.75) is 39.8 Å². The van der Waals surface area contributed by atoms with Crippen LogP contribution in [0.4, 0.5) is 0 Å². The largest absolute Gasteiger partial charge is 0.491 e. The van der Waals surface area contributed by atoms with E-state index in [4.69, 9.17) is 4.74 Å². The Balaban J connectivity index is 0.00000312. The number of halogens is 1. The molecule has 7 heteroatoms. The molecule has 0 aliphatic heterocycles. The Labute approximate surface area is 171 Å². The van der Waals surface area contributed by atoms with E-state index in [1.165, 1.54) is 10.4 Å². The van der Waals surface area contributed by atoms with E-state index < -0.39 is 0 Å². The maximum Gasteiger partial charge on any atom is 0.191 e. The molecule has 2 aromatic rings. The van der Waals surface area contributed by atoms with E-state index in [0.29, 0.717) is 0 Å². The summed E-state index contributed by atoms with van der Waals surface area (Å²) in [6.45, 7) is 7.66. The molecule has 0 fully saturated rings. The zero-order chi connectivity index (χ0) is 17.4. The van der Waals surface area contributed by atoms with Gasteiger partial charge in [0, 0.05) is 37.6 Å². The van der Waals surface area contributed by atoms with Crippen LogP contribution in [0.5, 0.6) is 5.75 Å². The van der Waals surface area contributed by atoms with E-state index in [-0.39, 0.29) is 30.1 Å². The molecule has 1 heterocycles. The summed E-state index contributed by atoms with van der Waals surface area (Å²) in [5.41, 5.74) is 1.18. The molecule has 1 aromatic carbocycles. The first-order valence-corrected chi connectivity index (χ1v) is 9.00. The molecular weight excluding hydrogens is 447 g/mol. The van der Waals surface area contributed by atoms with E-state index in [9.17, 15) is 0 Å². The highest BCUT2D eigenvalue weighted by molar-refractivity contribution is 14.0. The molecular formula is C18H27IN4OS. The SMILES string of the molecule is CN=C(NCCc1ncc(C)s1)NCc1ccc(OC(C)C)cc1.I. The lowest BCUT2D eigenvalue weighted by Gasteiger charge is -2.13. The van der Waals surface area contributed by atoms with Crippen molar-refractivity contribution in [2.24, 2.45) is 4.99 Å². The minimum atomic E-state index is 0. The Morgan fingerprint density at radius 3 is 2.52 bits per heavy atom. The van der Waals surface area contributed by atoms with Gasteiger partial charge in [-0.15, -0.1) is 35.3 Å². The van der Waals surface area contributed by atoms with Crippen molar-refractivity contribution in [3.05, 3.63) is 45.9 Å². The second kappa shape index (κ2) is 11.3. The molecule has 0 radical (unpaired) electrons. The minimum Gasteiger partial charge on any atom is -0.491 e. The Hall–Kier alpha value is -1.35. The second-order valence-electron chi connectivity index (χ2n) is 5.78. The molecule has 0 spiro atoms. The number of nitrogens with one attached hydrogen (secondary N) is 2. The minimum absolute atomic E-state index is 0. The van der Waals surface area contributed by atoms with E-state index in [2.05, 4.69) is 39.7 Å². The summed E-state index contributed by atoms with van der Waals surface area (Å²) in [4.78, 5) is 9.86. The summed E-state index contributed by atoms with van der Waals surface area (Å²) >= 11 is 1.74. The van der Waals surface area contributed by atoms with Gasteiger partial charge in [-0.3, -0.25) is 4.99 Å². The quantitative estimate of drug-likeness (QED) is 0.365. The Bertz CT molecular complexity index is 655. The Morgan fingerprint density at radius 2 is 1.96 bits per heavy atom. The number of ether oxygens (including phenoxy) is 1. The summed E-state index contributed by atoms with van der Waals surface area (Å²) < 4.78 is 5.65. The third-order valence-electron chi connectivity index (χ3n) is 3.28. The first kappa shape index (κ1) is 21.7. The first-order valence-electron chi connectivity index (χ1n) is 8.18. The number of rotatable bonds is 7. The van der Waals surface area contributed by atoms with E-state index >= 15 is 0 Å². The molecule has 0 bridgehead atoms. The highest BCUT2D eigenvalue weighted by Crippen LogP contribution is 2.13. The lowest BCUT2D eigenvalue weighted by Crippen LogP contribution is -2.37. The summed E-state index contributed by atoms with van der Waals surface area (Å²) in [5.74, 6) is 1.70. The van der Waals surface area contributed by atoms with Crippen molar-refractivity contribution in [1.82, 2.24) is 15.6 Å². The Morgan fingerprint density at radius 1 is 1.24 bits per heavy atom. The first-order chi connectivity index (χ1) is 11.6. The molecule has 0 atom stereocenters. The summed E-state index contributed by atoms with van der Waals surface area (Å²) in [6, 6.07) is 8.13. The number of thiazole rings is 1. The van der Waals surface area contributed by atoms with Crippen molar-refractivity contribution in [3.63, 3.8) is 0 Å². The summed E-state index contributed by atoms with van der Waals surface area (Å²) in [5, 5.41) is 7.78. The average Bonchev–Trinajstić information content (AvgIpc) is 2.97. The molecule has 1 aromatic heterocycles. The van der Waals surface area contributed by atoms with E-state index in [0.717, 1.165) is 36.2 Å². The topological polar surface area (TPSA) is 58.5 Å². The lowest BCUT2D eigenvalue weighted by molar-refractivity contribution is 0.242. The van der Waals surface area contributed by atoms with Crippen molar-refractivity contribution in [3.8, 4) is 5.75 Å². The zero-order valence-corrected chi connectivity index (χ0v) is 18.4. The van der Waals surface area contributed by atoms with Crippen molar-refractivity contribution in [2.75, 3.05) is 13.6 Å². The van der Waals surface area contributed by atoms with Gasteiger partial charge in [-0.25, -0.2) is 4.98 Å². The standard InChI is InChI=1S/C18H26N4OS.HI/c1-13(2)23-16-7-5-15(6-8-16)12-22-18(19-4)20-10-9-17-21-11-14(3)24-17;/h5-8,11,13H,9-10,12H2,1-4H3,(H2,19,20,22);1H. The van der Waals surface area contributed by atoms with Crippen molar-refractivity contribution >= 4 is 41.3 Å². The zero-order valence-electron chi connectivity index (χ0n) is 15.2. The van der Waals surface area contributed by atoms with Gasteiger partial charge in [0.15, 0.2) is 5.96 Å². The number of benzene rings is 1. The molecule has 138 valence electrons. The summed E-state index contributed by atoms with van der Waals surface area (Å²) in [6.07, 6.45) is 3.01. The van der Waals surface area contributed by atoms with Crippen LogP contribution in [0.2, 0.25) is 0 Å². The fourth-order valence-corrected chi connectivity index (χ4v) is 2.96. The van der Waals surface area contributed by atoms with Gasteiger partial charge < -0.3 is 15.4 Å². The normalized spacial score (nSPS) is 11.2. The van der Waals surface area contributed by atoms with Crippen LogP contribution in [-0.2, 0) is 13.0 Å². The molecule has 0 aliphatic carbocycles. The Kier molecular flexibility index (Phi) is 9.81. The summed E-state index contributed by atoms with van der Waals surface area (Å²) in [7, 11) is 1.78. The van der Waals surface area contributed by atoms with Gasteiger partial charge in [0.05, 0.1) is 11.1 Å². The van der Waals surface area contributed by atoms with Crippen LogP contribution in [0.3, 0.4) is 0 Å². The monoisotopic (exact) mass is 474 g/mol. The third kappa shape index (κ3) is 8.04. The van der Waals surface area contributed by atoms with Gasteiger partial charge >= 0.3 is 0 Å². The predicted octanol–water partition coefficient (Wildman–Crippen LogP) is 3.76. The molecule has 2 N–H and O–H groups in total. The van der Waals surface area contributed by atoms with Crippen molar-refractivity contribution in [1.29, 1.82) is 0 Å². The molecule has 2 rings (SSSR count). The number of aliphatic imine (C=N–C) groups is 1. The molecule has 0 saturated heterocycles. The second-order valence-corrected chi connectivity index (χ2v) is 7.10. The number of aryl methyl sites for hydroxylation is 1. The molecule has 0 saturated carbocycles. The number of aromatic nitrogens is 1. The van der Waals surface area contributed by atoms with Crippen molar-refractivity contribution < 1.29 is 4.74 Å². The molecule has 25 heavy (non-hydrogen) atoms. The number of guanidine groups is 1. The van der Waals surface area contributed by atoms with Crippen LogP contribution in [0.15, 0.2) is 35.5 Å². The van der Waals surface area contributed by atoms with Gasteiger partial charge in [-0.2, -0.15) is 0 Å². The lowest BCUT2D eigenvalue weighted by atomic mass is 10.2. The van der Waals surface area contributed by atoms with Gasteiger partial charge in [0.1, 0.15) is 5.75 Å². The number of hydrogen-bond acceptors (Lipinski definition) is 4. The fraction of sp³-hybridized carbons (Fsp3) is 0.444. The third-order valence-corrected chi connectivity index (χ3v) is 4.25. The van der Waals surface area contributed by atoms with Gasteiger partial charge in [-0.05, 0) is 38.5 Å². The smallest absolute Gasteiger partial charge is 0.191 e. The van der Waals surface area contributed by atoms with E-state index in [1.807, 2.05) is 32.2 Å². The number of hydrogen-bond donors (Lipinski definition) is 2. The average molecular weight is 474 g/mol. The van der Waals surface area contributed by atoms with Gasteiger partial charge in [-0.1, -0.05) is 12.1 Å².